The molecule has 0 spiro atoms. The SMILES string of the molecule is O=C(CCS)NC1CC(O)(C2(O)CCC2)C1. The number of rotatable bonds is 4. The summed E-state index contributed by atoms with van der Waals surface area (Å²) < 4.78 is 0. The molecule has 1 amide bonds. The van der Waals surface area contributed by atoms with Gasteiger partial charge in [-0.2, -0.15) is 12.6 Å². The van der Waals surface area contributed by atoms with Crippen LogP contribution < -0.4 is 5.32 Å². The summed E-state index contributed by atoms with van der Waals surface area (Å²) in [5.41, 5.74) is -1.86. The average Bonchev–Trinajstić information content (AvgIpc) is 2.11. The summed E-state index contributed by atoms with van der Waals surface area (Å²) in [6, 6.07) is 0.0157. The highest BCUT2D eigenvalue weighted by Crippen LogP contribution is 2.50. The molecule has 0 aromatic heterocycles. The Kier molecular flexibility index (Phi) is 3.20. The highest BCUT2D eigenvalue weighted by Gasteiger charge is 2.59. The number of hydrogen-bond acceptors (Lipinski definition) is 4. The van der Waals surface area contributed by atoms with Gasteiger partial charge in [-0.05, 0) is 37.9 Å². The van der Waals surface area contributed by atoms with Crippen molar-refractivity contribution in [2.45, 2.75) is 55.8 Å². The van der Waals surface area contributed by atoms with Crippen LogP contribution in [-0.4, -0.2) is 39.1 Å². The molecule has 5 heteroatoms. The Bertz CT molecular complexity index is 285. The maximum absolute atomic E-state index is 11.3. The lowest BCUT2D eigenvalue weighted by atomic mass is 9.58. The average molecular weight is 245 g/mol. The van der Waals surface area contributed by atoms with Gasteiger partial charge in [0, 0.05) is 12.5 Å². The molecule has 0 saturated heterocycles. The van der Waals surface area contributed by atoms with Gasteiger partial charge in [-0.15, -0.1) is 0 Å². The summed E-state index contributed by atoms with van der Waals surface area (Å²) in [4.78, 5) is 11.3. The number of aliphatic hydroxyl groups is 2. The van der Waals surface area contributed by atoms with E-state index < -0.39 is 11.2 Å². The number of carbonyl (C=O) groups excluding carboxylic acids is 1. The Morgan fingerprint density at radius 3 is 2.38 bits per heavy atom. The van der Waals surface area contributed by atoms with Crippen molar-refractivity contribution in [1.82, 2.24) is 5.32 Å². The highest BCUT2D eigenvalue weighted by molar-refractivity contribution is 7.80. The van der Waals surface area contributed by atoms with Gasteiger partial charge in [-0.1, -0.05) is 0 Å². The molecule has 0 atom stereocenters. The third-order valence-corrected chi connectivity index (χ3v) is 4.14. The third kappa shape index (κ3) is 1.96. The van der Waals surface area contributed by atoms with Crippen LogP contribution in [0.15, 0.2) is 0 Å². The summed E-state index contributed by atoms with van der Waals surface area (Å²) in [5, 5.41) is 23.1. The van der Waals surface area contributed by atoms with E-state index in [1.165, 1.54) is 0 Å². The van der Waals surface area contributed by atoms with Gasteiger partial charge >= 0.3 is 0 Å². The molecule has 0 unspecified atom stereocenters. The molecule has 2 aliphatic rings. The number of amides is 1. The third-order valence-electron chi connectivity index (χ3n) is 3.92. The fraction of sp³-hybridized carbons (Fsp3) is 0.909. The van der Waals surface area contributed by atoms with E-state index >= 15 is 0 Å². The lowest BCUT2D eigenvalue weighted by Crippen LogP contribution is -2.68. The summed E-state index contributed by atoms with van der Waals surface area (Å²) >= 11 is 3.98. The number of hydrogen-bond donors (Lipinski definition) is 4. The Balaban J connectivity index is 1.78. The molecule has 0 aromatic carbocycles. The van der Waals surface area contributed by atoms with Crippen LogP contribution in [0.25, 0.3) is 0 Å². The van der Waals surface area contributed by atoms with Crippen molar-refractivity contribution in [3.8, 4) is 0 Å². The van der Waals surface area contributed by atoms with Crippen LogP contribution in [0.1, 0.15) is 38.5 Å². The number of carbonyl (C=O) groups is 1. The van der Waals surface area contributed by atoms with Gasteiger partial charge in [0.05, 0.1) is 11.2 Å². The molecule has 2 fully saturated rings. The summed E-state index contributed by atoms with van der Waals surface area (Å²) in [6.45, 7) is 0. The van der Waals surface area contributed by atoms with Crippen molar-refractivity contribution in [3.63, 3.8) is 0 Å². The molecule has 0 radical (unpaired) electrons. The molecule has 0 aromatic rings. The fourth-order valence-electron chi connectivity index (χ4n) is 2.62. The summed E-state index contributed by atoms with van der Waals surface area (Å²) in [6.07, 6.45) is 3.70. The van der Waals surface area contributed by atoms with Gasteiger partial charge in [0.15, 0.2) is 0 Å². The first-order valence-corrected chi connectivity index (χ1v) is 6.47. The van der Waals surface area contributed by atoms with Crippen LogP contribution >= 0.6 is 12.6 Å². The van der Waals surface area contributed by atoms with Crippen LogP contribution in [0.4, 0.5) is 0 Å². The Morgan fingerprint density at radius 1 is 1.31 bits per heavy atom. The molecule has 0 bridgehead atoms. The van der Waals surface area contributed by atoms with E-state index in [0.717, 1.165) is 6.42 Å². The zero-order valence-electron chi connectivity index (χ0n) is 9.28. The quantitative estimate of drug-likeness (QED) is 0.536. The van der Waals surface area contributed by atoms with Crippen molar-refractivity contribution >= 4 is 18.5 Å². The second-order valence-corrected chi connectivity index (χ2v) is 5.51. The van der Waals surface area contributed by atoms with Crippen molar-refractivity contribution in [3.05, 3.63) is 0 Å². The van der Waals surface area contributed by atoms with E-state index in [4.69, 9.17) is 0 Å². The first-order chi connectivity index (χ1) is 7.49. The summed E-state index contributed by atoms with van der Waals surface area (Å²) in [5.74, 6) is 0.509. The monoisotopic (exact) mass is 245 g/mol. The smallest absolute Gasteiger partial charge is 0.221 e. The lowest BCUT2D eigenvalue weighted by Gasteiger charge is -2.57. The predicted molar refractivity (Wildman–Crippen MR) is 63.4 cm³/mol. The van der Waals surface area contributed by atoms with Crippen LogP contribution in [0.5, 0.6) is 0 Å². The zero-order chi connectivity index (χ0) is 11.8. The molecule has 0 aliphatic heterocycles. The molecule has 2 saturated carbocycles. The van der Waals surface area contributed by atoms with E-state index in [2.05, 4.69) is 17.9 Å². The normalized spacial score (nSPS) is 36.1. The predicted octanol–water partition coefficient (Wildman–Crippen LogP) is 0.231. The van der Waals surface area contributed by atoms with Gasteiger partial charge < -0.3 is 15.5 Å². The molecule has 0 heterocycles. The van der Waals surface area contributed by atoms with Gasteiger partial charge in [0.25, 0.3) is 0 Å². The summed E-state index contributed by atoms with van der Waals surface area (Å²) in [7, 11) is 0. The van der Waals surface area contributed by atoms with E-state index in [-0.39, 0.29) is 11.9 Å². The molecule has 4 nitrogen and oxygen atoms in total. The van der Waals surface area contributed by atoms with Crippen molar-refractivity contribution < 1.29 is 15.0 Å². The van der Waals surface area contributed by atoms with Gasteiger partial charge in [0.2, 0.25) is 5.91 Å². The molecular formula is C11H19NO3S. The molecule has 2 aliphatic carbocycles. The van der Waals surface area contributed by atoms with Crippen LogP contribution in [0, 0.1) is 0 Å². The van der Waals surface area contributed by atoms with E-state index in [0.29, 0.717) is 37.9 Å². The van der Waals surface area contributed by atoms with E-state index in [9.17, 15) is 15.0 Å². The molecule has 92 valence electrons. The number of nitrogens with one attached hydrogen (secondary N) is 1. The lowest BCUT2D eigenvalue weighted by molar-refractivity contribution is -0.232. The largest absolute Gasteiger partial charge is 0.387 e. The fourth-order valence-corrected chi connectivity index (χ4v) is 2.82. The van der Waals surface area contributed by atoms with Gasteiger partial charge in [-0.3, -0.25) is 4.79 Å². The van der Waals surface area contributed by atoms with Gasteiger partial charge in [0.1, 0.15) is 0 Å². The zero-order valence-corrected chi connectivity index (χ0v) is 10.2. The molecule has 16 heavy (non-hydrogen) atoms. The van der Waals surface area contributed by atoms with Crippen LogP contribution in [-0.2, 0) is 4.79 Å². The second kappa shape index (κ2) is 4.20. The number of thiol groups is 1. The first kappa shape index (κ1) is 12.2. The van der Waals surface area contributed by atoms with Crippen molar-refractivity contribution in [1.29, 1.82) is 0 Å². The minimum atomic E-state index is -0.968. The minimum Gasteiger partial charge on any atom is -0.387 e. The highest BCUT2D eigenvalue weighted by atomic mass is 32.1. The Hall–Kier alpha value is -0.260. The Morgan fingerprint density at radius 2 is 1.94 bits per heavy atom. The van der Waals surface area contributed by atoms with E-state index in [1.807, 2.05) is 0 Å². The maximum Gasteiger partial charge on any atom is 0.221 e. The Labute approximate surface area is 101 Å². The topological polar surface area (TPSA) is 69.6 Å². The second-order valence-electron chi connectivity index (χ2n) is 5.06. The van der Waals surface area contributed by atoms with Gasteiger partial charge in [-0.25, -0.2) is 0 Å². The standard InChI is InChI=1S/C11H19NO3S/c13-9(2-5-16)12-8-6-11(15,7-8)10(14)3-1-4-10/h8,14-16H,1-7H2,(H,12,13). The van der Waals surface area contributed by atoms with E-state index in [1.54, 1.807) is 0 Å². The first-order valence-electron chi connectivity index (χ1n) is 5.84. The van der Waals surface area contributed by atoms with Crippen molar-refractivity contribution in [2.24, 2.45) is 0 Å². The van der Waals surface area contributed by atoms with Crippen LogP contribution in [0.2, 0.25) is 0 Å². The van der Waals surface area contributed by atoms with Crippen molar-refractivity contribution in [2.75, 3.05) is 5.75 Å². The molecule has 2 rings (SSSR count). The minimum absolute atomic E-state index is 0.0157. The van der Waals surface area contributed by atoms with Crippen LogP contribution in [0.3, 0.4) is 0 Å². The molecular weight excluding hydrogens is 226 g/mol. The molecule has 3 N–H and O–H groups in total. The maximum atomic E-state index is 11.3.